The molecule has 0 radical (unpaired) electrons. The van der Waals surface area contributed by atoms with Gasteiger partial charge in [0.05, 0.1) is 21.3 Å². The van der Waals surface area contributed by atoms with E-state index in [0.717, 1.165) is 38.4 Å². The fraction of sp³-hybridized carbons (Fsp3) is 0.316. The molecule has 1 amide bonds. The highest BCUT2D eigenvalue weighted by molar-refractivity contribution is 6.36. The van der Waals surface area contributed by atoms with Gasteiger partial charge in [-0.15, -0.1) is 0 Å². The second-order valence-corrected chi connectivity index (χ2v) is 7.42. The minimum Gasteiger partial charge on any atom is -0.368 e. The molecule has 4 nitrogen and oxygen atoms in total. The highest BCUT2D eigenvalue weighted by atomic mass is 35.5. The second-order valence-electron chi connectivity index (χ2n) is 6.17. The largest absolute Gasteiger partial charge is 0.368 e. The number of hydrogen-bond acceptors (Lipinski definition) is 3. The first-order valence-corrected chi connectivity index (χ1v) is 9.64. The normalized spacial score (nSPS) is 15.2. The summed E-state index contributed by atoms with van der Waals surface area (Å²) >= 11 is 18.5. The van der Waals surface area contributed by atoms with Gasteiger partial charge in [0.25, 0.3) is 5.91 Å². The van der Waals surface area contributed by atoms with Gasteiger partial charge in [0.1, 0.15) is 0 Å². The predicted octanol–water partition coefficient (Wildman–Crippen LogP) is 5.04. The molecule has 1 aliphatic heterocycles. The van der Waals surface area contributed by atoms with Crippen molar-refractivity contribution in [2.45, 2.75) is 6.92 Å². The molecule has 0 aromatic heterocycles. The van der Waals surface area contributed by atoms with Gasteiger partial charge in [-0.05, 0) is 42.9 Å². The van der Waals surface area contributed by atoms with Crippen molar-refractivity contribution in [3.05, 3.63) is 57.0 Å². The monoisotopic (exact) mass is 411 g/mol. The number of carbonyl (C=O) groups is 1. The summed E-state index contributed by atoms with van der Waals surface area (Å²) < 4.78 is 0. The molecular weight excluding hydrogens is 393 g/mol. The predicted molar refractivity (Wildman–Crippen MR) is 110 cm³/mol. The van der Waals surface area contributed by atoms with Crippen LogP contribution in [0.1, 0.15) is 17.3 Å². The zero-order valence-electron chi connectivity index (χ0n) is 14.4. The third-order valence-electron chi connectivity index (χ3n) is 4.54. The van der Waals surface area contributed by atoms with Crippen molar-refractivity contribution in [3.63, 3.8) is 0 Å². The Balaban J connectivity index is 1.71. The van der Waals surface area contributed by atoms with Crippen molar-refractivity contribution in [1.29, 1.82) is 0 Å². The lowest BCUT2D eigenvalue weighted by molar-refractivity contribution is 0.102. The number of amides is 1. The number of benzene rings is 2. The molecule has 1 aliphatic rings. The van der Waals surface area contributed by atoms with E-state index in [2.05, 4.69) is 22.0 Å². The van der Waals surface area contributed by atoms with E-state index in [1.165, 1.54) is 0 Å². The van der Waals surface area contributed by atoms with E-state index < -0.39 is 0 Å². The number of piperazine rings is 1. The molecule has 1 fully saturated rings. The summed E-state index contributed by atoms with van der Waals surface area (Å²) in [5.74, 6) is -0.321. The smallest absolute Gasteiger partial charge is 0.257 e. The van der Waals surface area contributed by atoms with Crippen LogP contribution in [0.4, 0.5) is 11.4 Å². The van der Waals surface area contributed by atoms with Gasteiger partial charge in [0, 0.05) is 36.9 Å². The number of carbonyl (C=O) groups excluding carboxylic acids is 1. The van der Waals surface area contributed by atoms with Crippen LogP contribution in [-0.2, 0) is 0 Å². The number of nitrogens with one attached hydrogen (secondary N) is 1. The molecule has 0 bridgehead atoms. The lowest BCUT2D eigenvalue weighted by Crippen LogP contribution is -2.46. The first-order chi connectivity index (χ1) is 12.5. The highest BCUT2D eigenvalue weighted by Crippen LogP contribution is 2.30. The Kier molecular flexibility index (Phi) is 6.30. The van der Waals surface area contributed by atoms with E-state index in [4.69, 9.17) is 34.8 Å². The van der Waals surface area contributed by atoms with Crippen molar-refractivity contribution in [1.82, 2.24) is 4.90 Å². The maximum Gasteiger partial charge on any atom is 0.257 e. The van der Waals surface area contributed by atoms with Gasteiger partial charge < -0.3 is 15.1 Å². The van der Waals surface area contributed by atoms with Crippen molar-refractivity contribution in [2.75, 3.05) is 42.9 Å². The van der Waals surface area contributed by atoms with Crippen molar-refractivity contribution < 1.29 is 4.79 Å². The Hall–Kier alpha value is -1.46. The third kappa shape index (κ3) is 4.44. The number of anilines is 2. The molecule has 2 aromatic carbocycles. The lowest BCUT2D eigenvalue weighted by atomic mass is 10.2. The molecule has 138 valence electrons. The van der Waals surface area contributed by atoms with Crippen LogP contribution in [0.2, 0.25) is 15.1 Å². The summed E-state index contributed by atoms with van der Waals surface area (Å²) in [4.78, 5) is 17.1. The molecule has 2 aromatic rings. The first kappa shape index (κ1) is 19.3. The SMILES string of the molecule is CCN1CCN(c2ccc(NC(=O)c3cc(Cl)ccc3Cl)cc2Cl)CC1. The summed E-state index contributed by atoms with van der Waals surface area (Å²) in [5.41, 5.74) is 1.93. The molecule has 0 atom stereocenters. The van der Waals surface area contributed by atoms with Gasteiger partial charge in [0.2, 0.25) is 0 Å². The average Bonchev–Trinajstić information content (AvgIpc) is 2.64. The number of hydrogen-bond donors (Lipinski definition) is 1. The average molecular weight is 413 g/mol. The third-order valence-corrected chi connectivity index (χ3v) is 5.41. The molecule has 0 aliphatic carbocycles. The number of likely N-dealkylation sites (N-methyl/N-ethyl adjacent to an activating group) is 1. The minimum absolute atomic E-state index is 0.321. The number of rotatable bonds is 4. The number of halogens is 3. The molecule has 0 spiro atoms. The highest BCUT2D eigenvalue weighted by Gasteiger charge is 2.18. The maximum atomic E-state index is 12.4. The van der Waals surface area contributed by atoms with Gasteiger partial charge in [-0.1, -0.05) is 41.7 Å². The molecule has 1 saturated heterocycles. The quantitative estimate of drug-likeness (QED) is 0.764. The van der Waals surface area contributed by atoms with Gasteiger partial charge in [-0.25, -0.2) is 0 Å². The lowest BCUT2D eigenvalue weighted by Gasteiger charge is -2.36. The Morgan fingerprint density at radius 2 is 1.73 bits per heavy atom. The van der Waals surface area contributed by atoms with Gasteiger partial charge >= 0.3 is 0 Å². The molecule has 1 heterocycles. The second kappa shape index (κ2) is 8.49. The van der Waals surface area contributed by atoms with E-state index in [1.807, 2.05) is 12.1 Å². The fourth-order valence-corrected chi connectivity index (χ4v) is 3.69. The van der Waals surface area contributed by atoms with Gasteiger partial charge in [0.15, 0.2) is 0 Å². The summed E-state index contributed by atoms with van der Waals surface area (Å²) in [7, 11) is 0. The zero-order valence-corrected chi connectivity index (χ0v) is 16.7. The van der Waals surface area contributed by atoms with Crippen LogP contribution < -0.4 is 10.2 Å². The van der Waals surface area contributed by atoms with E-state index in [1.54, 1.807) is 24.3 Å². The minimum atomic E-state index is -0.321. The molecule has 26 heavy (non-hydrogen) atoms. The summed E-state index contributed by atoms with van der Waals surface area (Å²) in [5, 5.41) is 4.24. The van der Waals surface area contributed by atoms with E-state index >= 15 is 0 Å². The molecular formula is C19H20Cl3N3O. The Bertz CT molecular complexity index is 805. The Morgan fingerprint density at radius 1 is 1.00 bits per heavy atom. The van der Waals surface area contributed by atoms with Crippen LogP contribution in [0.15, 0.2) is 36.4 Å². The van der Waals surface area contributed by atoms with Crippen LogP contribution in [0.5, 0.6) is 0 Å². The van der Waals surface area contributed by atoms with E-state index in [9.17, 15) is 4.79 Å². The van der Waals surface area contributed by atoms with Gasteiger partial charge in [-0.3, -0.25) is 4.79 Å². The van der Waals surface area contributed by atoms with Crippen LogP contribution in [0.3, 0.4) is 0 Å². The van der Waals surface area contributed by atoms with Crippen molar-refractivity contribution in [2.24, 2.45) is 0 Å². The van der Waals surface area contributed by atoms with Crippen LogP contribution in [0, 0.1) is 0 Å². The van der Waals surface area contributed by atoms with E-state index in [-0.39, 0.29) is 5.91 Å². The number of nitrogens with zero attached hydrogens (tertiary/aromatic N) is 2. The molecule has 0 saturated carbocycles. The molecule has 1 N–H and O–H groups in total. The fourth-order valence-electron chi connectivity index (χ4n) is 3.02. The van der Waals surface area contributed by atoms with Crippen molar-refractivity contribution >= 4 is 52.1 Å². The summed E-state index contributed by atoms with van der Waals surface area (Å²) in [6.07, 6.45) is 0. The Labute approximate surface area is 168 Å². The van der Waals surface area contributed by atoms with Gasteiger partial charge in [-0.2, -0.15) is 0 Å². The van der Waals surface area contributed by atoms with Crippen LogP contribution >= 0.6 is 34.8 Å². The molecule has 0 unspecified atom stereocenters. The molecule has 7 heteroatoms. The summed E-state index contributed by atoms with van der Waals surface area (Å²) in [6.45, 7) is 7.18. The first-order valence-electron chi connectivity index (χ1n) is 8.51. The summed E-state index contributed by atoms with van der Waals surface area (Å²) in [6, 6.07) is 10.3. The zero-order chi connectivity index (χ0) is 18.7. The maximum absolute atomic E-state index is 12.4. The standard InChI is InChI=1S/C19H20Cl3N3O/c1-2-24-7-9-25(10-8-24)18-6-4-14(12-17(18)22)23-19(26)15-11-13(20)3-5-16(15)21/h3-6,11-12H,2,7-10H2,1H3,(H,23,26). The van der Waals surface area contributed by atoms with Crippen LogP contribution in [-0.4, -0.2) is 43.5 Å². The van der Waals surface area contributed by atoms with Crippen LogP contribution in [0.25, 0.3) is 0 Å². The van der Waals surface area contributed by atoms with Crippen molar-refractivity contribution in [3.8, 4) is 0 Å². The molecule has 3 rings (SSSR count). The topological polar surface area (TPSA) is 35.6 Å². The van der Waals surface area contributed by atoms with E-state index in [0.29, 0.717) is 26.3 Å². The Morgan fingerprint density at radius 3 is 2.38 bits per heavy atom.